The Morgan fingerprint density at radius 2 is 1.81 bits per heavy atom. The molecule has 0 unspecified atom stereocenters. The van der Waals surface area contributed by atoms with Crippen LogP contribution in [0.15, 0.2) is 65.0 Å². The Kier molecular flexibility index (Phi) is 6.40. The van der Waals surface area contributed by atoms with Gasteiger partial charge in [-0.15, -0.1) is 0 Å². The van der Waals surface area contributed by atoms with Crippen LogP contribution in [-0.2, 0) is 30.4 Å². The summed E-state index contributed by atoms with van der Waals surface area (Å²) in [6, 6.07) is 14.4. The summed E-state index contributed by atoms with van der Waals surface area (Å²) in [7, 11) is 1.30. The first-order valence-corrected chi connectivity index (χ1v) is 12.8. The molecule has 1 aliphatic carbocycles. The van der Waals surface area contributed by atoms with E-state index in [1.54, 1.807) is 6.92 Å². The first-order chi connectivity index (χ1) is 17.8. The van der Waals surface area contributed by atoms with Crippen LogP contribution in [0, 0.1) is 11.8 Å². The molecule has 0 saturated heterocycles. The van der Waals surface area contributed by atoms with Gasteiger partial charge in [-0.3, -0.25) is 9.59 Å². The maximum Gasteiger partial charge on any atom is 0.336 e. The summed E-state index contributed by atoms with van der Waals surface area (Å²) in [5.41, 5.74) is 5.29. The van der Waals surface area contributed by atoms with Gasteiger partial charge in [-0.05, 0) is 56.9 Å². The van der Waals surface area contributed by atoms with Crippen molar-refractivity contribution in [2.24, 2.45) is 11.8 Å². The number of esters is 2. The third-order valence-electron chi connectivity index (χ3n) is 7.68. The van der Waals surface area contributed by atoms with Crippen LogP contribution in [0.25, 0.3) is 21.8 Å². The van der Waals surface area contributed by atoms with Crippen molar-refractivity contribution in [1.82, 2.24) is 9.88 Å². The van der Waals surface area contributed by atoms with Crippen molar-refractivity contribution in [3.05, 3.63) is 70.6 Å². The number of para-hydroxylation sites is 1. The van der Waals surface area contributed by atoms with Crippen LogP contribution in [0.5, 0.6) is 0 Å². The SMILES string of the molecule is CCOC(=O)C1=C(C)NC2=C(C(=O)[C@H](C(=O)OC)[C@@H](C)C2)[C@H]1c1ccc2c(c1)c1ccccc1n2CC. The number of rotatable bonds is 5. The van der Waals surface area contributed by atoms with E-state index in [-0.39, 0.29) is 18.3 Å². The average Bonchev–Trinajstić information content (AvgIpc) is 3.20. The second-order valence-electron chi connectivity index (χ2n) is 9.79. The molecule has 192 valence electrons. The van der Waals surface area contributed by atoms with Crippen molar-refractivity contribution in [2.45, 2.75) is 46.6 Å². The highest BCUT2D eigenvalue weighted by atomic mass is 16.5. The molecular weight excluding hydrogens is 468 g/mol. The molecule has 1 aromatic heterocycles. The number of aryl methyl sites for hydroxylation is 1. The zero-order valence-electron chi connectivity index (χ0n) is 21.9. The zero-order valence-corrected chi connectivity index (χ0v) is 21.9. The van der Waals surface area contributed by atoms with Gasteiger partial charge < -0.3 is 19.4 Å². The standard InChI is InChI=1S/C30H32N2O5/c1-6-32-22-11-9-8-10-19(22)20-15-18(12-13-23(20)32)26-25(30(35)37-7-2)17(4)31-21-14-16(3)24(29(34)36-5)28(33)27(21)26/h8-13,15-16,24,26,31H,6-7,14H2,1-5H3/t16-,24+,26-/m0/s1. The predicted molar refractivity (Wildman–Crippen MR) is 142 cm³/mol. The fraction of sp³-hybridized carbons (Fsp3) is 0.367. The summed E-state index contributed by atoms with van der Waals surface area (Å²) in [5, 5.41) is 5.47. The van der Waals surface area contributed by atoms with Gasteiger partial charge in [0.1, 0.15) is 5.92 Å². The zero-order chi connectivity index (χ0) is 26.4. The minimum absolute atomic E-state index is 0.215. The number of carbonyl (C=O) groups excluding carboxylic acids is 3. The molecule has 7 nitrogen and oxygen atoms in total. The number of hydrogen-bond donors (Lipinski definition) is 1. The number of Topliss-reactive ketones (excluding diaryl/α,β-unsaturated/α-hetero) is 1. The van der Waals surface area contributed by atoms with Gasteiger partial charge in [0.15, 0.2) is 5.78 Å². The van der Waals surface area contributed by atoms with Crippen LogP contribution in [0.4, 0.5) is 0 Å². The summed E-state index contributed by atoms with van der Waals surface area (Å²) in [6.45, 7) is 8.63. The van der Waals surface area contributed by atoms with E-state index < -0.39 is 23.8 Å². The molecule has 3 aromatic rings. The van der Waals surface area contributed by atoms with E-state index >= 15 is 0 Å². The Morgan fingerprint density at radius 3 is 2.51 bits per heavy atom. The fourth-order valence-corrected chi connectivity index (χ4v) is 6.08. The van der Waals surface area contributed by atoms with Crippen LogP contribution >= 0.6 is 0 Å². The first-order valence-electron chi connectivity index (χ1n) is 12.8. The van der Waals surface area contributed by atoms with E-state index in [2.05, 4.69) is 41.1 Å². The van der Waals surface area contributed by atoms with Gasteiger partial charge in [0.05, 0.1) is 19.3 Å². The lowest BCUT2D eigenvalue weighted by molar-refractivity contribution is -0.151. The van der Waals surface area contributed by atoms with Crippen molar-refractivity contribution in [2.75, 3.05) is 13.7 Å². The molecule has 5 rings (SSSR count). The molecule has 37 heavy (non-hydrogen) atoms. The molecule has 0 spiro atoms. The normalized spacial score (nSPS) is 21.8. The largest absolute Gasteiger partial charge is 0.468 e. The number of dihydropyridines is 1. The molecule has 0 amide bonds. The minimum atomic E-state index is -0.916. The molecular formula is C30H32N2O5. The maximum absolute atomic E-state index is 13.9. The highest BCUT2D eigenvalue weighted by molar-refractivity contribution is 6.13. The number of allylic oxidation sites excluding steroid dienone is 3. The summed E-state index contributed by atoms with van der Waals surface area (Å²) in [5.74, 6) is -3.12. The van der Waals surface area contributed by atoms with Crippen LogP contribution in [-0.4, -0.2) is 36.0 Å². The van der Waals surface area contributed by atoms with E-state index in [0.717, 1.165) is 39.6 Å². The molecule has 0 bridgehead atoms. The monoisotopic (exact) mass is 500 g/mol. The number of ketones is 1. The van der Waals surface area contributed by atoms with Crippen LogP contribution in [0.2, 0.25) is 0 Å². The average molecular weight is 501 g/mol. The minimum Gasteiger partial charge on any atom is -0.468 e. The second kappa shape index (κ2) is 9.54. The molecule has 2 aliphatic rings. The van der Waals surface area contributed by atoms with Gasteiger partial charge in [-0.2, -0.15) is 0 Å². The number of aromatic nitrogens is 1. The molecule has 1 aliphatic heterocycles. The Hall–Kier alpha value is -3.87. The van der Waals surface area contributed by atoms with Crippen molar-refractivity contribution >= 4 is 39.5 Å². The molecule has 0 radical (unpaired) electrons. The number of ether oxygens (including phenoxy) is 2. The summed E-state index contributed by atoms with van der Waals surface area (Å²) < 4.78 is 12.7. The number of methoxy groups -OCH3 is 1. The Labute approximate surface area is 216 Å². The van der Waals surface area contributed by atoms with Crippen LogP contribution < -0.4 is 5.32 Å². The smallest absolute Gasteiger partial charge is 0.336 e. The van der Waals surface area contributed by atoms with Gasteiger partial charge in [0.2, 0.25) is 0 Å². The molecule has 1 N–H and O–H groups in total. The lowest BCUT2D eigenvalue weighted by Gasteiger charge is -2.38. The molecule has 3 atom stereocenters. The summed E-state index contributed by atoms with van der Waals surface area (Å²) in [6.07, 6.45) is 0.502. The first kappa shape index (κ1) is 24.8. The van der Waals surface area contributed by atoms with Crippen LogP contribution in [0.3, 0.4) is 0 Å². The number of benzene rings is 2. The molecule has 2 aromatic carbocycles. The van der Waals surface area contributed by atoms with Gasteiger partial charge >= 0.3 is 11.9 Å². The van der Waals surface area contributed by atoms with Crippen molar-refractivity contribution in [3.8, 4) is 0 Å². The van der Waals surface area contributed by atoms with Crippen molar-refractivity contribution in [1.29, 1.82) is 0 Å². The third-order valence-corrected chi connectivity index (χ3v) is 7.68. The van der Waals surface area contributed by atoms with Gasteiger partial charge in [-0.1, -0.05) is 31.2 Å². The van der Waals surface area contributed by atoms with Crippen LogP contribution in [0.1, 0.15) is 45.6 Å². The van der Waals surface area contributed by atoms with Gasteiger partial charge in [0, 0.05) is 51.2 Å². The van der Waals surface area contributed by atoms with E-state index in [9.17, 15) is 14.4 Å². The van der Waals surface area contributed by atoms with E-state index in [1.807, 2.05) is 32.0 Å². The Bertz CT molecular complexity index is 1510. The van der Waals surface area contributed by atoms with E-state index in [1.165, 1.54) is 7.11 Å². The molecule has 0 fully saturated rings. The number of carbonyl (C=O) groups is 3. The van der Waals surface area contributed by atoms with Gasteiger partial charge in [-0.25, -0.2) is 4.79 Å². The lowest BCUT2D eigenvalue weighted by atomic mass is 9.69. The number of nitrogens with zero attached hydrogens (tertiary/aromatic N) is 1. The fourth-order valence-electron chi connectivity index (χ4n) is 6.08. The highest BCUT2D eigenvalue weighted by Crippen LogP contribution is 2.46. The number of fused-ring (bicyclic) bond motifs is 3. The lowest BCUT2D eigenvalue weighted by Crippen LogP contribution is -2.43. The molecule has 0 saturated carbocycles. The molecule has 7 heteroatoms. The highest BCUT2D eigenvalue weighted by Gasteiger charge is 2.47. The Morgan fingerprint density at radius 1 is 1.08 bits per heavy atom. The Balaban J connectivity index is 1.76. The molecule has 2 heterocycles. The van der Waals surface area contributed by atoms with E-state index in [0.29, 0.717) is 23.3 Å². The third kappa shape index (κ3) is 3.84. The summed E-state index contributed by atoms with van der Waals surface area (Å²) >= 11 is 0. The number of hydrogen-bond acceptors (Lipinski definition) is 6. The van der Waals surface area contributed by atoms with Crippen molar-refractivity contribution in [3.63, 3.8) is 0 Å². The van der Waals surface area contributed by atoms with Crippen molar-refractivity contribution < 1.29 is 23.9 Å². The maximum atomic E-state index is 13.9. The predicted octanol–water partition coefficient (Wildman–Crippen LogP) is 4.99. The van der Waals surface area contributed by atoms with E-state index in [4.69, 9.17) is 9.47 Å². The quantitative estimate of drug-likeness (QED) is 0.392. The topological polar surface area (TPSA) is 86.6 Å². The number of nitrogens with one attached hydrogen (secondary N) is 1. The van der Waals surface area contributed by atoms with Gasteiger partial charge in [0.25, 0.3) is 0 Å². The summed E-state index contributed by atoms with van der Waals surface area (Å²) in [4.78, 5) is 39.9. The second-order valence-corrected chi connectivity index (χ2v) is 9.79.